The molecule has 2 aliphatic heterocycles. The molecule has 0 radical (unpaired) electrons. The van der Waals surface area contributed by atoms with Gasteiger partial charge in [0.2, 0.25) is 0 Å². The molecule has 1 unspecified atom stereocenters. The maximum absolute atomic E-state index is 13.2. The van der Waals surface area contributed by atoms with E-state index >= 15 is 0 Å². The zero-order chi connectivity index (χ0) is 21.9. The van der Waals surface area contributed by atoms with Gasteiger partial charge in [-0.1, -0.05) is 19.1 Å². The number of benzene rings is 1. The summed E-state index contributed by atoms with van der Waals surface area (Å²) < 4.78 is 6.73. The summed E-state index contributed by atoms with van der Waals surface area (Å²) in [6.45, 7) is 3.48. The average molecular weight is 418 g/mol. The Labute approximate surface area is 178 Å². The summed E-state index contributed by atoms with van der Waals surface area (Å²) in [4.78, 5) is 41.8. The van der Waals surface area contributed by atoms with Crippen molar-refractivity contribution < 1.29 is 19.4 Å². The number of nitrogens with zero attached hydrogens (tertiary/aromatic N) is 2. The van der Waals surface area contributed by atoms with Gasteiger partial charge in [0.25, 0.3) is 5.56 Å². The number of carbonyl (C=O) groups excluding carboxylic acids is 2. The number of hydrogen-bond acceptors (Lipinski definition) is 6. The average Bonchev–Trinajstić information content (AvgIpc) is 3.11. The van der Waals surface area contributed by atoms with Crippen LogP contribution in [0.1, 0.15) is 48.9 Å². The first-order valence-corrected chi connectivity index (χ1v) is 10.4. The molecule has 7 nitrogen and oxygen atoms in total. The molecule has 0 amide bonds. The van der Waals surface area contributed by atoms with Gasteiger partial charge in [-0.2, -0.15) is 0 Å². The fourth-order valence-electron chi connectivity index (χ4n) is 4.59. The number of ketones is 1. The smallest absolute Gasteiger partial charge is 0.343 e. The number of fused-ring (bicyclic) bond motifs is 5. The molecule has 1 N–H and O–H groups in total. The van der Waals surface area contributed by atoms with Crippen LogP contribution in [-0.2, 0) is 39.5 Å². The molecule has 0 aliphatic carbocycles. The van der Waals surface area contributed by atoms with E-state index in [-0.39, 0.29) is 24.4 Å². The zero-order valence-corrected chi connectivity index (χ0v) is 17.4. The Kier molecular flexibility index (Phi) is 4.34. The number of hydrogen-bond donors (Lipinski definition) is 1. The molecule has 0 fully saturated rings. The fourth-order valence-corrected chi connectivity index (χ4v) is 4.59. The van der Waals surface area contributed by atoms with Crippen molar-refractivity contribution in [1.82, 2.24) is 9.55 Å². The number of rotatable bonds is 4. The molecule has 0 saturated carbocycles. The fraction of sp³-hybridized carbons (Fsp3) is 0.333. The summed E-state index contributed by atoms with van der Waals surface area (Å²) in [5.74, 6) is -0.595. The number of aromatic nitrogens is 2. The Morgan fingerprint density at radius 2 is 2.10 bits per heavy atom. The van der Waals surface area contributed by atoms with Crippen LogP contribution in [-0.4, -0.2) is 26.4 Å². The number of aryl methyl sites for hydroxylation is 1. The molecule has 5 rings (SSSR count). The lowest BCUT2D eigenvalue weighted by molar-refractivity contribution is -0.172. The van der Waals surface area contributed by atoms with Gasteiger partial charge in [0, 0.05) is 22.9 Å². The van der Waals surface area contributed by atoms with Crippen molar-refractivity contribution in [2.75, 3.05) is 0 Å². The Morgan fingerprint density at radius 1 is 1.29 bits per heavy atom. The number of Topliss-reactive ketones (excluding diaryl/α,β-unsaturated/α-hetero) is 1. The minimum Gasteiger partial charge on any atom is -0.458 e. The highest BCUT2D eigenvalue weighted by molar-refractivity contribution is 5.88. The summed E-state index contributed by atoms with van der Waals surface area (Å²) in [6, 6.07) is 9.57. The molecule has 7 heteroatoms. The second kappa shape index (κ2) is 6.85. The van der Waals surface area contributed by atoms with Crippen molar-refractivity contribution >= 4 is 22.7 Å². The van der Waals surface area contributed by atoms with Crippen LogP contribution in [0.15, 0.2) is 35.1 Å². The van der Waals surface area contributed by atoms with Crippen molar-refractivity contribution in [3.05, 3.63) is 62.9 Å². The third kappa shape index (κ3) is 2.84. The largest absolute Gasteiger partial charge is 0.458 e. The third-order valence-corrected chi connectivity index (χ3v) is 6.39. The predicted molar refractivity (Wildman–Crippen MR) is 114 cm³/mol. The van der Waals surface area contributed by atoms with Crippen molar-refractivity contribution in [1.29, 1.82) is 0 Å². The van der Waals surface area contributed by atoms with Gasteiger partial charge in [0.05, 0.1) is 29.0 Å². The zero-order valence-electron chi connectivity index (χ0n) is 17.4. The lowest BCUT2D eigenvalue weighted by Crippen LogP contribution is -2.44. The quantitative estimate of drug-likeness (QED) is 0.512. The maximum Gasteiger partial charge on any atom is 0.343 e. The second-order valence-electron chi connectivity index (χ2n) is 8.29. The first-order chi connectivity index (χ1) is 14.8. The van der Waals surface area contributed by atoms with Crippen LogP contribution >= 0.6 is 0 Å². The number of ether oxygens (including phenoxy) is 1. The van der Waals surface area contributed by atoms with E-state index in [4.69, 9.17) is 9.72 Å². The molecule has 4 heterocycles. The summed E-state index contributed by atoms with van der Waals surface area (Å²) in [5, 5.41) is 11.9. The summed E-state index contributed by atoms with van der Waals surface area (Å²) >= 11 is 0. The Balaban J connectivity index is 1.69. The molecule has 1 atom stereocenters. The van der Waals surface area contributed by atoms with E-state index in [0.29, 0.717) is 41.9 Å². The lowest BCUT2D eigenvalue weighted by atomic mass is 9.86. The van der Waals surface area contributed by atoms with E-state index < -0.39 is 11.6 Å². The predicted octanol–water partition coefficient (Wildman–Crippen LogP) is 2.60. The molecular weight excluding hydrogens is 396 g/mol. The SMILES string of the molecule is CCC1(O)C(=O)OCc2c1cc1n(c2=O)Cc2cc3c(CCC(C)=O)cccc3nc2-1. The van der Waals surface area contributed by atoms with E-state index in [0.717, 1.165) is 22.0 Å². The van der Waals surface area contributed by atoms with Crippen LogP contribution in [0.2, 0.25) is 0 Å². The van der Waals surface area contributed by atoms with E-state index in [1.54, 1.807) is 24.5 Å². The molecular formula is C24H22N2O5. The Morgan fingerprint density at radius 3 is 2.84 bits per heavy atom. The highest BCUT2D eigenvalue weighted by Gasteiger charge is 2.45. The van der Waals surface area contributed by atoms with Crippen molar-refractivity contribution in [2.45, 2.75) is 51.9 Å². The normalized spacial score (nSPS) is 19.0. The van der Waals surface area contributed by atoms with Crippen LogP contribution in [0.25, 0.3) is 22.3 Å². The Bertz CT molecular complexity index is 1340. The molecule has 2 aromatic heterocycles. The van der Waals surface area contributed by atoms with Crippen LogP contribution < -0.4 is 5.56 Å². The van der Waals surface area contributed by atoms with Crippen molar-refractivity contribution in [3.8, 4) is 11.4 Å². The highest BCUT2D eigenvalue weighted by atomic mass is 16.6. The topological polar surface area (TPSA) is 98.5 Å². The Hall–Kier alpha value is -3.32. The molecule has 2 aliphatic rings. The van der Waals surface area contributed by atoms with Gasteiger partial charge >= 0.3 is 5.97 Å². The van der Waals surface area contributed by atoms with Gasteiger partial charge in [-0.15, -0.1) is 0 Å². The number of pyridine rings is 2. The molecule has 158 valence electrons. The van der Waals surface area contributed by atoms with Crippen LogP contribution in [0, 0.1) is 0 Å². The van der Waals surface area contributed by atoms with Crippen LogP contribution in [0.5, 0.6) is 0 Å². The van der Waals surface area contributed by atoms with Gasteiger partial charge in [0.1, 0.15) is 12.4 Å². The van der Waals surface area contributed by atoms with E-state index in [2.05, 4.69) is 0 Å². The van der Waals surface area contributed by atoms with Crippen LogP contribution in [0.3, 0.4) is 0 Å². The first kappa shape index (κ1) is 19.6. The monoisotopic (exact) mass is 418 g/mol. The molecule has 0 bridgehead atoms. The van der Waals surface area contributed by atoms with Crippen molar-refractivity contribution in [3.63, 3.8) is 0 Å². The van der Waals surface area contributed by atoms with Gasteiger partial charge in [-0.05, 0) is 43.5 Å². The number of carbonyl (C=O) groups is 2. The van der Waals surface area contributed by atoms with E-state index in [9.17, 15) is 19.5 Å². The van der Waals surface area contributed by atoms with E-state index in [1.807, 2.05) is 24.3 Å². The molecule has 3 aromatic rings. The summed E-state index contributed by atoms with van der Waals surface area (Å²) in [7, 11) is 0. The van der Waals surface area contributed by atoms with Crippen molar-refractivity contribution in [2.24, 2.45) is 0 Å². The first-order valence-electron chi connectivity index (χ1n) is 10.4. The number of esters is 1. The van der Waals surface area contributed by atoms with E-state index in [1.165, 1.54) is 0 Å². The van der Waals surface area contributed by atoms with Gasteiger partial charge in [-0.25, -0.2) is 9.78 Å². The lowest BCUT2D eigenvalue weighted by Gasteiger charge is -2.31. The molecule has 31 heavy (non-hydrogen) atoms. The van der Waals surface area contributed by atoms with Gasteiger partial charge < -0.3 is 19.2 Å². The minimum atomic E-state index is -1.83. The van der Waals surface area contributed by atoms with Crippen LogP contribution in [0.4, 0.5) is 0 Å². The standard InChI is InChI=1S/C24H22N2O5/c1-3-24(30)18-10-20-21-15(11-26(20)22(28)17(18)12-31-23(24)29)9-16-14(8-7-13(2)27)5-4-6-19(16)25-21/h4-6,9-10,30H,3,7-8,11-12H2,1-2H3. The number of aliphatic hydroxyl groups is 1. The second-order valence-corrected chi connectivity index (χ2v) is 8.29. The third-order valence-electron chi connectivity index (χ3n) is 6.39. The van der Waals surface area contributed by atoms with Gasteiger partial charge in [-0.3, -0.25) is 4.79 Å². The molecule has 1 aromatic carbocycles. The maximum atomic E-state index is 13.2. The highest BCUT2D eigenvalue weighted by Crippen LogP contribution is 2.38. The number of cyclic esters (lactones) is 1. The summed E-state index contributed by atoms with van der Waals surface area (Å²) in [6.07, 6.45) is 1.21. The minimum absolute atomic E-state index is 0.110. The molecule has 0 spiro atoms. The van der Waals surface area contributed by atoms with Gasteiger partial charge in [0.15, 0.2) is 5.60 Å². The molecule has 0 saturated heterocycles. The summed E-state index contributed by atoms with van der Waals surface area (Å²) in [5.41, 5.74) is 2.51.